The number of aromatic nitrogens is 1. The van der Waals surface area contributed by atoms with Crippen LogP contribution in [0.3, 0.4) is 0 Å². The normalized spacial score (nSPS) is 11.4. The maximum Gasteiger partial charge on any atom is 0.262 e. The fourth-order valence-electron chi connectivity index (χ4n) is 2.97. The van der Waals surface area contributed by atoms with Gasteiger partial charge in [0.25, 0.3) is 5.91 Å². The predicted molar refractivity (Wildman–Crippen MR) is 118 cm³/mol. The fourth-order valence-corrected chi connectivity index (χ4v) is 3.49. The molecule has 1 N–H and O–H groups in total. The van der Waals surface area contributed by atoms with E-state index in [1.165, 1.54) is 18.4 Å². The van der Waals surface area contributed by atoms with Crippen molar-refractivity contribution >= 4 is 39.0 Å². The highest BCUT2D eigenvalue weighted by molar-refractivity contribution is 7.13. The number of anilines is 1. The van der Waals surface area contributed by atoms with Crippen LogP contribution in [-0.4, -0.2) is 32.2 Å². The molecule has 1 amide bonds. The lowest BCUT2D eigenvalue weighted by molar-refractivity contribution is 0.102. The van der Waals surface area contributed by atoms with Gasteiger partial charge in [0.1, 0.15) is 22.7 Å². The Bertz CT molecular complexity index is 1300. The molecular weight excluding hydrogens is 418 g/mol. The zero-order chi connectivity index (χ0) is 21.8. The van der Waals surface area contributed by atoms with Gasteiger partial charge in [-0.2, -0.15) is 0 Å². The third-order valence-corrected chi connectivity index (χ3v) is 5.15. The lowest BCUT2D eigenvalue weighted by atomic mass is 10.1. The molecule has 0 bridgehead atoms. The summed E-state index contributed by atoms with van der Waals surface area (Å²) < 4.78 is 22.1. The summed E-state index contributed by atoms with van der Waals surface area (Å²) in [4.78, 5) is 21.7. The molecular formula is C22H19N3O5S. The Kier molecular flexibility index (Phi) is 5.85. The highest BCUT2D eigenvalue weighted by Gasteiger charge is 2.16. The number of hydrogen-bond acceptors (Lipinski definition) is 8. The molecule has 8 nitrogen and oxygen atoms in total. The molecule has 2 aromatic carbocycles. The lowest BCUT2D eigenvalue weighted by Crippen LogP contribution is -2.21. The van der Waals surface area contributed by atoms with E-state index in [2.05, 4.69) is 15.3 Å². The van der Waals surface area contributed by atoms with Crippen molar-refractivity contribution in [2.45, 2.75) is 0 Å². The molecule has 0 saturated carbocycles. The molecule has 0 spiro atoms. The maximum atomic E-state index is 13.0. The summed E-state index contributed by atoms with van der Waals surface area (Å²) in [5.41, 5.74) is 1.30. The second-order valence-corrected chi connectivity index (χ2v) is 7.18. The van der Waals surface area contributed by atoms with E-state index in [9.17, 15) is 4.79 Å². The van der Waals surface area contributed by atoms with Crippen molar-refractivity contribution in [1.82, 2.24) is 4.98 Å². The minimum absolute atomic E-state index is 0.106. The van der Waals surface area contributed by atoms with E-state index in [0.29, 0.717) is 39.0 Å². The fraction of sp³-hybridized carbons (Fsp3) is 0.136. The van der Waals surface area contributed by atoms with Gasteiger partial charge in [0.2, 0.25) is 5.55 Å². The van der Waals surface area contributed by atoms with Crippen LogP contribution in [-0.2, 0) is 0 Å². The van der Waals surface area contributed by atoms with Crippen molar-refractivity contribution in [3.63, 3.8) is 0 Å². The van der Waals surface area contributed by atoms with Gasteiger partial charge in [-0.1, -0.05) is 12.1 Å². The van der Waals surface area contributed by atoms with Crippen LogP contribution in [0.2, 0.25) is 0 Å². The van der Waals surface area contributed by atoms with Gasteiger partial charge in [0.15, 0.2) is 16.5 Å². The van der Waals surface area contributed by atoms with Crippen LogP contribution in [0.25, 0.3) is 11.0 Å². The Balaban J connectivity index is 1.93. The number of thiazole rings is 1. The highest BCUT2D eigenvalue weighted by Crippen LogP contribution is 2.31. The van der Waals surface area contributed by atoms with Gasteiger partial charge < -0.3 is 18.6 Å². The Labute approximate surface area is 181 Å². The highest BCUT2D eigenvalue weighted by atomic mass is 32.1. The van der Waals surface area contributed by atoms with E-state index in [4.69, 9.17) is 18.6 Å². The van der Waals surface area contributed by atoms with Crippen LogP contribution in [0.1, 0.15) is 10.4 Å². The van der Waals surface area contributed by atoms with Crippen molar-refractivity contribution < 1.29 is 23.4 Å². The number of carbonyl (C=O) groups is 1. The van der Waals surface area contributed by atoms with Crippen LogP contribution < -0.4 is 25.1 Å². The number of nitrogens with one attached hydrogen (secondary N) is 1. The summed E-state index contributed by atoms with van der Waals surface area (Å²) in [6.45, 7) is 0. The summed E-state index contributed by atoms with van der Waals surface area (Å²) in [5, 5.41) is 5.72. The van der Waals surface area contributed by atoms with E-state index in [1.54, 1.807) is 56.1 Å². The Morgan fingerprint density at radius 2 is 1.90 bits per heavy atom. The summed E-state index contributed by atoms with van der Waals surface area (Å²) in [6.07, 6.45) is 1.61. The van der Waals surface area contributed by atoms with Crippen molar-refractivity contribution in [2.75, 3.05) is 26.6 Å². The molecule has 0 radical (unpaired) electrons. The van der Waals surface area contributed by atoms with Gasteiger partial charge in [0.05, 0.1) is 21.3 Å². The lowest BCUT2D eigenvalue weighted by Gasteiger charge is -2.09. The number of fused-ring (bicyclic) bond motifs is 1. The Hall–Kier alpha value is -3.85. The summed E-state index contributed by atoms with van der Waals surface area (Å²) in [5.74, 6) is 1.23. The first-order valence-electron chi connectivity index (χ1n) is 9.21. The van der Waals surface area contributed by atoms with E-state index < -0.39 is 5.91 Å². The van der Waals surface area contributed by atoms with Crippen LogP contribution in [0.15, 0.2) is 63.5 Å². The number of ether oxygens (including phenoxy) is 3. The topological polar surface area (TPSA) is 95.2 Å². The third-order valence-electron chi connectivity index (χ3n) is 4.46. The molecule has 9 heteroatoms. The average Bonchev–Trinajstić information content (AvgIpc) is 3.31. The molecule has 4 aromatic rings. The molecule has 2 aromatic heterocycles. The molecule has 0 atom stereocenters. The predicted octanol–water partition coefficient (Wildman–Crippen LogP) is 4.40. The molecule has 0 fully saturated rings. The number of hydrogen-bond donors (Lipinski definition) is 1. The van der Waals surface area contributed by atoms with Gasteiger partial charge in [0, 0.05) is 23.0 Å². The molecule has 0 aliphatic rings. The number of benzene rings is 2. The van der Waals surface area contributed by atoms with Crippen molar-refractivity contribution in [3.05, 3.63) is 65.2 Å². The van der Waals surface area contributed by atoms with Gasteiger partial charge in [-0.3, -0.25) is 10.1 Å². The zero-order valence-electron chi connectivity index (χ0n) is 17.0. The summed E-state index contributed by atoms with van der Waals surface area (Å²) in [7, 11) is 4.65. The number of nitrogens with zero attached hydrogens (tertiary/aromatic N) is 2. The van der Waals surface area contributed by atoms with Crippen LogP contribution in [0.4, 0.5) is 10.8 Å². The Morgan fingerprint density at radius 1 is 1.06 bits per heavy atom. The molecule has 2 heterocycles. The third kappa shape index (κ3) is 4.22. The number of methoxy groups -OCH3 is 3. The second-order valence-electron chi connectivity index (χ2n) is 6.28. The van der Waals surface area contributed by atoms with E-state index in [0.717, 1.165) is 0 Å². The average molecular weight is 437 g/mol. The number of carbonyl (C=O) groups excluding carboxylic acids is 1. The van der Waals surface area contributed by atoms with Gasteiger partial charge >= 0.3 is 0 Å². The molecule has 4 rings (SSSR count). The van der Waals surface area contributed by atoms with Crippen LogP contribution in [0.5, 0.6) is 17.2 Å². The quantitative estimate of drug-likeness (QED) is 0.480. The second kappa shape index (κ2) is 8.88. The number of rotatable bonds is 6. The molecule has 31 heavy (non-hydrogen) atoms. The van der Waals surface area contributed by atoms with Crippen molar-refractivity contribution in [2.24, 2.45) is 4.99 Å². The van der Waals surface area contributed by atoms with E-state index >= 15 is 0 Å². The largest absolute Gasteiger partial charge is 0.497 e. The standard InChI is InChI=1S/C22H19N3O5S/c1-27-14-7-8-16(18(12-14)29-3)24-21-15(20(26)25-22-23-9-10-31-22)11-13-5-4-6-17(28-2)19(13)30-21/h4-12H,1-3H3,(H,23,25,26). The molecule has 0 saturated heterocycles. The molecule has 0 aliphatic heterocycles. The first kappa shape index (κ1) is 20.4. The summed E-state index contributed by atoms with van der Waals surface area (Å²) >= 11 is 1.32. The monoisotopic (exact) mass is 437 g/mol. The maximum absolute atomic E-state index is 13.0. The van der Waals surface area contributed by atoms with Crippen LogP contribution >= 0.6 is 11.3 Å². The molecule has 158 valence electrons. The first-order valence-corrected chi connectivity index (χ1v) is 10.1. The first-order chi connectivity index (χ1) is 15.1. The van der Waals surface area contributed by atoms with E-state index in [1.807, 2.05) is 12.1 Å². The zero-order valence-corrected chi connectivity index (χ0v) is 17.9. The van der Waals surface area contributed by atoms with Gasteiger partial charge in [-0.25, -0.2) is 9.98 Å². The van der Waals surface area contributed by atoms with Gasteiger partial charge in [-0.15, -0.1) is 11.3 Å². The Morgan fingerprint density at radius 3 is 2.61 bits per heavy atom. The molecule has 0 unspecified atom stereocenters. The summed E-state index contributed by atoms with van der Waals surface area (Å²) in [6, 6.07) is 12.3. The smallest absolute Gasteiger partial charge is 0.262 e. The SMILES string of the molecule is COc1ccc(N=c2oc3c(OC)cccc3cc2C(=O)Nc2nccs2)c(OC)c1. The van der Waals surface area contributed by atoms with Crippen LogP contribution in [0, 0.1) is 0 Å². The van der Waals surface area contributed by atoms with Gasteiger partial charge in [-0.05, 0) is 24.3 Å². The van der Waals surface area contributed by atoms with Crippen molar-refractivity contribution in [3.8, 4) is 17.2 Å². The minimum Gasteiger partial charge on any atom is -0.497 e. The van der Waals surface area contributed by atoms with E-state index in [-0.39, 0.29) is 11.1 Å². The number of para-hydroxylation sites is 1. The minimum atomic E-state index is -0.394. The molecule has 0 aliphatic carbocycles. The van der Waals surface area contributed by atoms with Crippen molar-refractivity contribution in [1.29, 1.82) is 0 Å². The number of amides is 1.